The molecule has 0 aliphatic carbocycles. The van der Waals surface area contributed by atoms with Crippen LogP contribution >= 0.6 is 0 Å². The first-order valence-electron chi connectivity index (χ1n) is 9.40. The lowest BCUT2D eigenvalue weighted by atomic mass is 9.78. The monoisotopic (exact) mass is 337 g/mol. The maximum Gasteiger partial charge on any atom is 0.125 e. The van der Waals surface area contributed by atoms with Gasteiger partial charge in [0.15, 0.2) is 0 Å². The zero-order valence-corrected chi connectivity index (χ0v) is 15.0. The van der Waals surface area contributed by atoms with Crippen LogP contribution in [0.1, 0.15) is 42.3 Å². The molecule has 2 aliphatic rings. The van der Waals surface area contributed by atoms with Gasteiger partial charge in [-0.05, 0) is 50.9 Å². The first-order valence-corrected chi connectivity index (χ1v) is 9.40. The Morgan fingerprint density at radius 3 is 2.64 bits per heavy atom. The van der Waals surface area contributed by atoms with Gasteiger partial charge in [0.2, 0.25) is 0 Å². The second-order valence-electron chi connectivity index (χ2n) is 7.53. The summed E-state index contributed by atoms with van der Waals surface area (Å²) in [5.74, 6) is 1.46. The van der Waals surface area contributed by atoms with E-state index < -0.39 is 0 Å². The summed E-state index contributed by atoms with van der Waals surface area (Å²) in [5, 5.41) is 0. The van der Waals surface area contributed by atoms with Crippen LogP contribution in [0.4, 0.5) is 0 Å². The molecule has 2 aliphatic heterocycles. The van der Waals surface area contributed by atoms with Crippen LogP contribution in [0.25, 0.3) is 0 Å². The quantitative estimate of drug-likeness (QED) is 0.858. The van der Waals surface area contributed by atoms with Crippen LogP contribution in [0.15, 0.2) is 42.6 Å². The van der Waals surface area contributed by atoms with E-state index in [4.69, 9.17) is 4.74 Å². The predicted molar refractivity (Wildman–Crippen MR) is 98.7 cm³/mol. The molecule has 0 saturated carbocycles. The van der Waals surface area contributed by atoms with Crippen LogP contribution in [0.3, 0.4) is 0 Å². The second-order valence-corrected chi connectivity index (χ2v) is 7.53. The maximum absolute atomic E-state index is 5.82. The Hall–Kier alpha value is -1.78. The summed E-state index contributed by atoms with van der Waals surface area (Å²) in [6, 6.07) is 13.0. The molecule has 2 saturated heterocycles. The lowest BCUT2D eigenvalue weighted by Crippen LogP contribution is -2.44. The molecule has 0 unspecified atom stereocenters. The van der Waals surface area contributed by atoms with Gasteiger partial charge in [0, 0.05) is 36.4 Å². The molecule has 1 aromatic carbocycles. The normalized spacial score (nSPS) is 25.3. The fourth-order valence-corrected chi connectivity index (χ4v) is 4.36. The number of benzene rings is 1. The molecular weight excluding hydrogens is 310 g/mol. The summed E-state index contributed by atoms with van der Waals surface area (Å²) in [5.41, 5.74) is 2.81. The van der Waals surface area contributed by atoms with Crippen molar-refractivity contribution in [2.24, 2.45) is 0 Å². The second kappa shape index (κ2) is 7.22. The standard InChI is InChI=1S/C21H27N3O/c1-17-22-11-7-20(23-17)18-8-12-24(13-9-18)15-21(10-14-25-16-21)19-5-3-2-4-6-19/h2-7,11,18H,8-10,12-16H2,1H3/t21-/m0/s1. The molecule has 4 heteroatoms. The number of nitrogens with zero attached hydrogens (tertiary/aromatic N) is 3. The Morgan fingerprint density at radius 1 is 1.16 bits per heavy atom. The first kappa shape index (κ1) is 16.7. The van der Waals surface area contributed by atoms with Gasteiger partial charge in [0.25, 0.3) is 0 Å². The Bertz CT molecular complexity index is 689. The molecule has 4 nitrogen and oxygen atoms in total. The van der Waals surface area contributed by atoms with Gasteiger partial charge in [-0.1, -0.05) is 30.3 Å². The summed E-state index contributed by atoms with van der Waals surface area (Å²) >= 11 is 0. The van der Waals surface area contributed by atoms with Gasteiger partial charge < -0.3 is 9.64 Å². The molecule has 1 aromatic heterocycles. The van der Waals surface area contributed by atoms with Gasteiger partial charge in [-0.2, -0.15) is 0 Å². The van der Waals surface area contributed by atoms with Crippen molar-refractivity contribution < 1.29 is 4.74 Å². The number of ether oxygens (including phenoxy) is 1. The molecule has 0 N–H and O–H groups in total. The zero-order valence-electron chi connectivity index (χ0n) is 15.0. The molecular formula is C21H27N3O. The van der Waals surface area contributed by atoms with E-state index in [1.54, 1.807) is 0 Å². The van der Waals surface area contributed by atoms with Gasteiger partial charge >= 0.3 is 0 Å². The highest BCUT2D eigenvalue weighted by molar-refractivity contribution is 5.27. The predicted octanol–water partition coefficient (Wildman–Crippen LogP) is 3.32. The molecule has 0 amide bonds. The maximum atomic E-state index is 5.82. The van der Waals surface area contributed by atoms with Gasteiger partial charge in [-0.15, -0.1) is 0 Å². The lowest BCUT2D eigenvalue weighted by Gasteiger charge is -2.38. The number of hydrogen-bond acceptors (Lipinski definition) is 4. The topological polar surface area (TPSA) is 38.2 Å². The van der Waals surface area contributed by atoms with Gasteiger partial charge in [-0.3, -0.25) is 0 Å². The molecule has 0 radical (unpaired) electrons. The zero-order chi connectivity index (χ0) is 17.1. The van der Waals surface area contributed by atoms with Crippen LogP contribution in [-0.2, 0) is 10.2 Å². The van der Waals surface area contributed by atoms with Crippen LogP contribution in [0, 0.1) is 6.92 Å². The fourth-order valence-electron chi connectivity index (χ4n) is 4.36. The number of likely N-dealkylation sites (tertiary alicyclic amines) is 1. The Morgan fingerprint density at radius 2 is 1.96 bits per heavy atom. The van der Waals surface area contributed by atoms with Crippen molar-refractivity contribution in [2.45, 2.75) is 37.5 Å². The number of hydrogen-bond donors (Lipinski definition) is 0. The van der Waals surface area contributed by atoms with Crippen LogP contribution in [0.2, 0.25) is 0 Å². The average molecular weight is 337 g/mol. The average Bonchev–Trinajstić information content (AvgIpc) is 3.13. The van der Waals surface area contributed by atoms with Crippen molar-refractivity contribution in [1.82, 2.24) is 14.9 Å². The number of aryl methyl sites for hydroxylation is 1. The smallest absolute Gasteiger partial charge is 0.125 e. The Balaban J connectivity index is 1.42. The van der Waals surface area contributed by atoms with Crippen LogP contribution < -0.4 is 0 Å². The molecule has 0 bridgehead atoms. The molecule has 0 spiro atoms. The molecule has 3 heterocycles. The Labute approximate surface area is 150 Å². The van der Waals surface area contributed by atoms with Crippen molar-refractivity contribution in [3.05, 3.63) is 59.7 Å². The van der Waals surface area contributed by atoms with E-state index in [1.165, 1.54) is 24.1 Å². The van der Waals surface area contributed by atoms with E-state index in [9.17, 15) is 0 Å². The van der Waals surface area contributed by atoms with E-state index in [-0.39, 0.29) is 5.41 Å². The SMILES string of the molecule is Cc1nccc(C2CCN(C[C@@]3(c4ccccc4)CCOC3)CC2)n1. The van der Waals surface area contributed by atoms with E-state index in [1.807, 2.05) is 13.1 Å². The summed E-state index contributed by atoms with van der Waals surface area (Å²) in [6.07, 6.45) is 5.39. The Kier molecular flexibility index (Phi) is 4.82. The highest BCUT2D eigenvalue weighted by Gasteiger charge is 2.39. The summed E-state index contributed by atoms with van der Waals surface area (Å²) in [4.78, 5) is 11.5. The molecule has 1 atom stereocenters. The third-order valence-corrected chi connectivity index (χ3v) is 5.82. The van der Waals surface area contributed by atoms with Crippen molar-refractivity contribution >= 4 is 0 Å². The van der Waals surface area contributed by atoms with Gasteiger partial charge in [0.05, 0.1) is 6.61 Å². The first-order chi connectivity index (χ1) is 12.3. The molecule has 4 rings (SSSR count). The highest BCUT2D eigenvalue weighted by atomic mass is 16.5. The number of piperidine rings is 1. The minimum absolute atomic E-state index is 0.166. The molecule has 25 heavy (non-hydrogen) atoms. The number of aromatic nitrogens is 2. The van der Waals surface area contributed by atoms with Gasteiger partial charge in [-0.25, -0.2) is 9.97 Å². The van der Waals surface area contributed by atoms with Crippen molar-refractivity contribution in [3.8, 4) is 0 Å². The third kappa shape index (κ3) is 3.60. The minimum atomic E-state index is 0.166. The molecule has 132 valence electrons. The fraction of sp³-hybridized carbons (Fsp3) is 0.524. The molecule has 2 aromatic rings. The van der Waals surface area contributed by atoms with E-state index in [2.05, 4.69) is 51.3 Å². The van der Waals surface area contributed by atoms with E-state index in [0.717, 1.165) is 45.1 Å². The lowest BCUT2D eigenvalue weighted by molar-refractivity contribution is 0.134. The summed E-state index contributed by atoms with van der Waals surface area (Å²) in [7, 11) is 0. The summed E-state index contributed by atoms with van der Waals surface area (Å²) < 4.78 is 5.82. The van der Waals surface area contributed by atoms with Gasteiger partial charge in [0.1, 0.15) is 5.82 Å². The van der Waals surface area contributed by atoms with Crippen LogP contribution in [0.5, 0.6) is 0 Å². The molecule has 2 fully saturated rings. The highest BCUT2D eigenvalue weighted by Crippen LogP contribution is 2.36. The largest absolute Gasteiger partial charge is 0.380 e. The summed E-state index contributed by atoms with van der Waals surface area (Å²) in [6.45, 7) is 7.09. The van der Waals surface area contributed by atoms with Crippen molar-refractivity contribution in [3.63, 3.8) is 0 Å². The van der Waals surface area contributed by atoms with E-state index in [0.29, 0.717) is 5.92 Å². The van der Waals surface area contributed by atoms with Crippen molar-refractivity contribution in [2.75, 3.05) is 32.8 Å². The third-order valence-electron chi connectivity index (χ3n) is 5.82. The van der Waals surface area contributed by atoms with Crippen molar-refractivity contribution in [1.29, 1.82) is 0 Å². The minimum Gasteiger partial charge on any atom is -0.380 e. The van der Waals surface area contributed by atoms with E-state index >= 15 is 0 Å². The number of rotatable bonds is 4. The van der Waals surface area contributed by atoms with Crippen LogP contribution in [-0.4, -0.2) is 47.7 Å².